The maximum absolute atomic E-state index is 11.8. The highest BCUT2D eigenvalue weighted by atomic mass is 79.9. The smallest absolute Gasteiger partial charge is 0.220 e. The summed E-state index contributed by atoms with van der Waals surface area (Å²) >= 11 is 5.11. The van der Waals surface area contributed by atoms with Gasteiger partial charge >= 0.3 is 0 Å². The summed E-state index contributed by atoms with van der Waals surface area (Å²) in [5, 5.41) is 4.99. The SMILES string of the molecule is CC(C)C(CCN)CCC(=O)NCc1sccc1Br. The monoisotopic (exact) mass is 346 g/mol. The van der Waals surface area contributed by atoms with E-state index in [-0.39, 0.29) is 5.91 Å². The molecule has 0 radical (unpaired) electrons. The Labute approximate surface area is 128 Å². The molecule has 3 N–H and O–H groups in total. The van der Waals surface area contributed by atoms with Gasteiger partial charge in [0.05, 0.1) is 6.54 Å². The van der Waals surface area contributed by atoms with Crippen molar-refractivity contribution in [3.63, 3.8) is 0 Å². The van der Waals surface area contributed by atoms with Gasteiger partial charge in [-0.05, 0) is 58.6 Å². The zero-order valence-corrected chi connectivity index (χ0v) is 14.0. The van der Waals surface area contributed by atoms with E-state index in [9.17, 15) is 4.79 Å². The largest absolute Gasteiger partial charge is 0.351 e. The summed E-state index contributed by atoms with van der Waals surface area (Å²) < 4.78 is 1.07. The lowest BCUT2D eigenvalue weighted by atomic mass is 9.88. The van der Waals surface area contributed by atoms with Gasteiger partial charge in [0.15, 0.2) is 0 Å². The minimum Gasteiger partial charge on any atom is -0.351 e. The van der Waals surface area contributed by atoms with Crippen LogP contribution < -0.4 is 11.1 Å². The van der Waals surface area contributed by atoms with Crippen molar-refractivity contribution in [2.45, 2.75) is 39.7 Å². The number of carbonyl (C=O) groups is 1. The summed E-state index contributed by atoms with van der Waals surface area (Å²) in [5.74, 6) is 1.26. The maximum Gasteiger partial charge on any atom is 0.220 e. The van der Waals surface area contributed by atoms with E-state index in [0.717, 1.165) is 22.2 Å². The molecule has 0 aliphatic rings. The highest BCUT2D eigenvalue weighted by Crippen LogP contribution is 2.23. The van der Waals surface area contributed by atoms with E-state index < -0.39 is 0 Å². The maximum atomic E-state index is 11.8. The molecule has 1 rings (SSSR count). The molecule has 1 heterocycles. The molecule has 0 aliphatic carbocycles. The van der Waals surface area contributed by atoms with Gasteiger partial charge in [-0.1, -0.05) is 13.8 Å². The third-order valence-electron chi connectivity index (χ3n) is 3.36. The molecule has 0 fully saturated rings. The summed E-state index contributed by atoms with van der Waals surface area (Å²) in [6.07, 6.45) is 2.51. The number of amides is 1. The lowest BCUT2D eigenvalue weighted by Gasteiger charge is -2.19. The van der Waals surface area contributed by atoms with Gasteiger partial charge in [-0.15, -0.1) is 11.3 Å². The highest BCUT2D eigenvalue weighted by Gasteiger charge is 2.14. The fourth-order valence-electron chi connectivity index (χ4n) is 2.06. The zero-order valence-electron chi connectivity index (χ0n) is 11.6. The van der Waals surface area contributed by atoms with Crippen molar-refractivity contribution in [2.75, 3.05) is 6.54 Å². The van der Waals surface area contributed by atoms with Gasteiger partial charge in [0.2, 0.25) is 5.91 Å². The Morgan fingerprint density at radius 3 is 2.74 bits per heavy atom. The van der Waals surface area contributed by atoms with Crippen molar-refractivity contribution in [2.24, 2.45) is 17.6 Å². The molecule has 0 aromatic carbocycles. The van der Waals surface area contributed by atoms with Crippen molar-refractivity contribution in [1.82, 2.24) is 5.32 Å². The number of carbonyl (C=O) groups excluding carboxylic acids is 1. The molecule has 0 saturated carbocycles. The number of rotatable bonds is 8. The Hall–Kier alpha value is -0.390. The molecule has 19 heavy (non-hydrogen) atoms. The second kappa shape index (κ2) is 8.72. The molecule has 108 valence electrons. The van der Waals surface area contributed by atoms with E-state index in [2.05, 4.69) is 35.1 Å². The minimum absolute atomic E-state index is 0.128. The predicted molar refractivity (Wildman–Crippen MR) is 85.1 cm³/mol. The lowest BCUT2D eigenvalue weighted by Crippen LogP contribution is -2.24. The van der Waals surface area contributed by atoms with Gasteiger partial charge < -0.3 is 11.1 Å². The summed E-state index contributed by atoms with van der Waals surface area (Å²) in [7, 11) is 0. The van der Waals surface area contributed by atoms with Crippen LogP contribution >= 0.6 is 27.3 Å². The summed E-state index contributed by atoms with van der Waals surface area (Å²) in [5.41, 5.74) is 5.61. The van der Waals surface area contributed by atoms with Gasteiger partial charge in [-0.3, -0.25) is 4.79 Å². The molecule has 1 amide bonds. The van der Waals surface area contributed by atoms with Gasteiger partial charge in [0.1, 0.15) is 0 Å². The molecule has 3 nitrogen and oxygen atoms in total. The Kier molecular flexibility index (Phi) is 7.64. The van der Waals surface area contributed by atoms with Crippen LogP contribution in [-0.2, 0) is 11.3 Å². The highest BCUT2D eigenvalue weighted by molar-refractivity contribution is 9.10. The van der Waals surface area contributed by atoms with Crippen LogP contribution in [0.3, 0.4) is 0 Å². The molecular formula is C14H23BrN2OS. The van der Waals surface area contributed by atoms with Gasteiger partial charge in [0.25, 0.3) is 0 Å². The molecule has 0 aliphatic heterocycles. The van der Waals surface area contributed by atoms with Gasteiger partial charge in [-0.25, -0.2) is 0 Å². The molecule has 0 saturated heterocycles. The average molecular weight is 347 g/mol. The van der Waals surface area contributed by atoms with Crippen molar-refractivity contribution in [3.05, 3.63) is 20.8 Å². The fraction of sp³-hybridized carbons (Fsp3) is 0.643. The molecule has 1 unspecified atom stereocenters. The molecule has 1 aromatic heterocycles. The van der Waals surface area contributed by atoms with E-state index in [1.54, 1.807) is 11.3 Å². The summed E-state index contributed by atoms with van der Waals surface area (Å²) in [6.45, 7) is 5.70. The normalized spacial score (nSPS) is 12.7. The quantitative estimate of drug-likeness (QED) is 0.756. The second-order valence-electron chi connectivity index (χ2n) is 5.09. The Morgan fingerprint density at radius 1 is 1.47 bits per heavy atom. The van der Waals surface area contributed by atoms with Crippen LogP contribution in [0.1, 0.15) is 38.0 Å². The number of hydrogen-bond donors (Lipinski definition) is 2. The first-order chi connectivity index (χ1) is 9.04. The van der Waals surface area contributed by atoms with Crippen molar-refractivity contribution in [1.29, 1.82) is 0 Å². The van der Waals surface area contributed by atoms with E-state index in [4.69, 9.17) is 5.73 Å². The molecule has 1 aromatic rings. The number of nitrogens with two attached hydrogens (primary N) is 1. The fourth-order valence-corrected chi connectivity index (χ4v) is 3.49. The molecule has 0 bridgehead atoms. The van der Waals surface area contributed by atoms with Gasteiger partial charge in [0, 0.05) is 15.8 Å². The van der Waals surface area contributed by atoms with Crippen LogP contribution in [0.2, 0.25) is 0 Å². The third kappa shape index (κ3) is 6.06. The van der Waals surface area contributed by atoms with Gasteiger partial charge in [-0.2, -0.15) is 0 Å². The average Bonchev–Trinajstić information content (AvgIpc) is 2.77. The van der Waals surface area contributed by atoms with Crippen molar-refractivity contribution < 1.29 is 4.79 Å². The Balaban J connectivity index is 2.29. The van der Waals surface area contributed by atoms with Crippen molar-refractivity contribution >= 4 is 33.2 Å². The molecule has 5 heteroatoms. The molecule has 0 spiro atoms. The zero-order chi connectivity index (χ0) is 14.3. The number of halogens is 1. The number of thiophene rings is 1. The van der Waals surface area contributed by atoms with Crippen LogP contribution in [0.5, 0.6) is 0 Å². The van der Waals surface area contributed by atoms with Crippen LogP contribution in [-0.4, -0.2) is 12.5 Å². The Bertz CT molecular complexity index is 393. The first-order valence-electron chi connectivity index (χ1n) is 6.73. The number of hydrogen-bond acceptors (Lipinski definition) is 3. The summed E-state index contributed by atoms with van der Waals surface area (Å²) in [4.78, 5) is 13.0. The summed E-state index contributed by atoms with van der Waals surface area (Å²) in [6, 6.07) is 2.00. The minimum atomic E-state index is 0.128. The number of nitrogens with one attached hydrogen (secondary N) is 1. The third-order valence-corrected chi connectivity index (χ3v) is 5.29. The van der Waals surface area contributed by atoms with Crippen LogP contribution in [0.15, 0.2) is 15.9 Å². The topological polar surface area (TPSA) is 55.1 Å². The first kappa shape index (κ1) is 16.7. The molecule has 1 atom stereocenters. The van der Waals surface area contributed by atoms with Crippen LogP contribution in [0, 0.1) is 11.8 Å². The molecular weight excluding hydrogens is 324 g/mol. The standard InChI is InChI=1S/C14H23BrN2OS/c1-10(2)11(5-7-16)3-4-14(18)17-9-13-12(15)6-8-19-13/h6,8,10-11H,3-5,7,9,16H2,1-2H3,(H,17,18). The predicted octanol–water partition coefficient (Wildman–Crippen LogP) is 3.53. The van der Waals surface area contributed by atoms with E-state index in [1.165, 1.54) is 0 Å². The van der Waals surface area contributed by atoms with Crippen LogP contribution in [0.25, 0.3) is 0 Å². The lowest BCUT2D eigenvalue weighted by molar-refractivity contribution is -0.121. The first-order valence-corrected chi connectivity index (χ1v) is 8.40. The van der Waals surface area contributed by atoms with Crippen molar-refractivity contribution in [3.8, 4) is 0 Å². The second-order valence-corrected chi connectivity index (χ2v) is 6.94. The van der Waals surface area contributed by atoms with E-state index in [1.807, 2.05) is 11.4 Å². The van der Waals surface area contributed by atoms with E-state index >= 15 is 0 Å². The van der Waals surface area contributed by atoms with Crippen LogP contribution in [0.4, 0.5) is 0 Å². The van der Waals surface area contributed by atoms with E-state index in [0.29, 0.717) is 31.3 Å². The Morgan fingerprint density at radius 2 is 2.21 bits per heavy atom.